The number of piperazine rings is 1. The van der Waals surface area contributed by atoms with E-state index in [-0.39, 0.29) is 25.7 Å². The first-order valence-electron chi connectivity index (χ1n) is 11.1. The number of hydrazine groups is 1. The number of anilines is 1. The van der Waals surface area contributed by atoms with E-state index >= 15 is 0 Å². The summed E-state index contributed by atoms with van der Waals surface area (Å²) in [5, 5.41) is 30.5. The number of aliphatic hydroxyl groups is 1. The maximum atomic E-state index is 13.2. The predicted octanol–water partition coefficient (Wildman–Crippen LogP) is 1.03. The van der Waals surface area contributed by atoms with Crippen molar-refractivity contribution in [1.29, 1.82) is 0 Å². The lowest BCUT2D eigenvalue weighted by Gasteiger charge is -2.53. The van der Waals surface area contributed by atoms with Crippen LogP contribution in [0.1, 0.15) is 46.2 Å². The van der Waals surface area contributed by atoms with Gasteiger partial charge in [0.1, 0.15) is 12.1 Å². The Labute approximate surface area is 193 Å². The molecule has 3 heterocycles. The van der Waals surface area contributed by atoms with E-state index in [0.29, 0.717) is 31.6 Å². The minimum atomic E-state index is -1.72. The summed E-state index contributed by atoms with van der Waals surface area (Å²) < 4.78 is -0.652. The highest BCUT2D eigenvalue weighted by molar-refractivity contribution is 5.89. The number of nitrogens with one attached hydrogen (secondary N) is 1. The minimum Gasteiger partial charge on any atom is -0.479 e. The van der Waals surface area contributed by atoms with E-state index in [1.54, 1.807) is 27.0 Å². The first kappa shape index (κ1) is 24.9. The van der Waals surface area contributed by atoms with Gasteiger partial charge >= 0.3 is 12.1 Å². The maximum Gasteiger partial charge on any atom is 0.514 e. The summed E-state index contributed by atoms with van der Waals surface area (Å²) in [7, 11) is 0. The number of quaternary nitrogens is 1. The van der Waals surface area contributed by atoms with Crippen LogP contribution in [0.2, 0.25) is 0 Å². The Hall–Kier alpha value is -2.76. The minimum absolute atomic E-state index is 0.137. The van der Waals surface area contributed by atoms with Gasteiger partial charge in [-0.05, 0) is 52.7 Å². The SMILES string of the molecule is CC1(C(=O)O)C[N+](C(=O)O)(C(C)(C)C)CC(=O)N1NC1CCN(c2ccnc(CO)c2)CC1. The summed E-state index contributed by atoms with van der Waals surface area (Å²) in [5.74, 6) is -1.80. The van der Waals surface area contributed by atoms with E-state index in [1.807, 2.05) is 12.1 Å². The van der Waals surface area contributed by atoms with Crippen molar-refractivity contribution in [2.45, 2.75) is 64.3 Å². The van der Waals surface area contributed by atoms with Crippen molar-refractivity contribution < 1.29 is 34.2 Å². The summed E-state index contributed by atoms with van der Waals surface area (Å²) in [4.78, 5) is 44.0. The molecule has 2 fully saturated rings. The Bertz CT molecular complexity index is 926. The fourth-order valence-corrected chi connectivity index (χ4v) is 4.70. The summed E-state index contributed by atoms with van der Waals surface area (Å²) in [6, 6.07) is 3.57. The number of piperidine rings is 1. The van der Waals surface area contributed by atoms with Crippen LogP contribution in [0.3, 0.4) is 0 Å². The molecule has 1 aromatic rings. The van der Waals surface area contributed by atoms with Crippen LogP contribution in [-0.2, 0) is 16.2 Å². The standard InChI is InChI=1S/C22H33N5O6/c1-21(2,3)27(20(32)33)12-18(29)26(22(4,14-27)19(30)31)24-15-6-9-25(10-7-15)17-5-8-23-16(11-17)13-28/h5,8,11,15,24,28H,6-7,9-10,12-14H2,1-4H3,(H-,30,31,32,33)/p+1. The largest absolute Gasteiger partial charge is 0.514 e. The molecule has 11 heteroatoms. The molecule has 0 aliphatic carbocycles. The number of hydrogen-bond acceptors (Lipinski definition) is 7. The molecule has 33 heavy (non-hydrogen) atoms. The van der Waals surface area contributed by atoms with Crippen LogP contribution in [0, 0.1) is 0 Å². The van der Waals surface area contributed by atoms with Crippen molar-refractivity contribution in [3.63, 3.8) is 0 Å². The van der Waals surface area contributed by atoms with Crippen LogP contribution in [0.15, 0.2) is 18.3 Å². The van der Waals surface area contributed by atoms with Gasteiger partial charge < -0.3 is 20.2 Å². The topological polar surface area (TPSA) is 143 Å². The van der Waals surface area contributed by atoms with Gasteiger partial charge in [0.2, 0.25) is 5.54 Å². The van der Waals surface area contributed by atoms with Gasteiger partial charge in [-0.25, -0.2) is 19.7 Å². The second-order valence-electron chi connectivity index (χ2n) is 10.1. The number of aromatic nitrogens is 1. The Morgan fingerprint density at radius 1 is 1.27 bits per heavy atom. The highest BCUT2D eigenvalue weighted by atomic mass is 16.4. The maximum absolute atomic E-state index is 13.2. The van der Waals surface area contributed by atoms with Gasteiger partial charge in [-0.15, -0.1) is 0 Å². The first-order chi connectivity index (χ1) is 15.3. The van der Waals surface area contributed by atoms with Gasteiger partial charge in [-0.3, -0.25) is 9.78 Å². The number of pyridine rings is 1. The zero-order chi connectivity index (χ0) is 24.6. The molecule has 3 rings (SSSR count). The Morgan fingerprint density at radius 3 is 2.42 bits per heavy atom. The van der Waals surface area contributed by atoms with Crippen molar-refractivity contribution in [3.8, 4) is 0 Å². The van der Waals surface area contributed by atoms with Gasteiger partial charge in [0.25, 0.3) is 5.91 Å². The Kier molecular flexibility index (Phi) is 6.69. The number of aliphatic hydroxyl groups excluding tert-OH is 1. The molecule has 2 unspecified atom stereocenters. The number of nitrogens with zero attached hydrogens (tertiary/aromatic N) is 4. The number of carboxylic acid groups (broad SMARTS) is 2. The number of rotatable bonds is 5. The average Bonchev–Trinajstić information content (AvgIpc) is 2.75. The van der Waals surface area contributed by atoms with Crippen LogP contribution < -0.4 is 10.3 Å². The lowest BCUT2D eigenvalue weighted by Crippen LogP contribution is -2.81. The van der Waals surface area contributed by atoms with Crippen molar-refractivity contribution >= 4 is 23.7 Å². The summed E-state index contributed by atoms with van der Waals surface area (Å²) in [5.41, 5.74) is 2.07. The third-order valence-electron chi connectivity index (χ3n) is 6.97. The molecule has 0 saturated carbocycles. The quantitative estimate of drug-likeness (QED) is 0.470. The normalized spacial score (nSPS) is 27.0. The summed E-state index contributed by atoms with van der Waals surface area (Å²) in [6.45, 7) is 7.16. The molecular weight excluding hydrogens is 430 g/mol. The Morgan fingerprint density at radius 2 is 1.91 bits per heavy atom. The predicted molar refractivity (Wildman–Crippen MR) is 119 cm³/mol. The van der Waals surface area contributed by atoms with Crippen LogP contribution in [0.25, 0.3) is 0 Å². The molecule has 4 N–H and O–H groups in total. The molecule has 0 radical (unpaired) electrons. The van der Waals surface area contributed by atoms with Crippen molar-refractivity contribution in [2.24, 2.45) is 0 Å². The molecule has 2 saturated heterocycles. The molecule has 0 spiro atoms. The molecule has 0 bridgehead atoms. The van der Waals surface area contributed by atoms with E-state index in [1.165, 1.54) is 6.92 Å². The van der Waals surface area contributed by atoms with Crippen LogP contribution in [0.4, 0.5) is 10.5 Å². The summed E-state index contributed by atoms with van der Waals surface area (Å²) in [6.07, 6.45) is 1.76. The molecule has 2 amide bonds. The van der Waals surface area contributed by atoms with Crippen LogP contribution in [-0.4, -0.2) is 91.1 Å². The number of carbonyl (C=O) groups excluding carboxylic acids is 1. The van der Waals surface area contributed by atoms with Crippen LogP contribution >= 0.6 is 0 Å². The molecule has 2 atom stereocenters. The zero-order valence-corrected chi connectivity index (χ0v) is 19.6. The molecule has 1 aromatic heterocycles. The molecule has 2 aliphatic heterocycles. The van der Waals surface area contributed by atoms with Gasteiger partial charge in [-0.2, -0.15) is 4.79 Å². The Balaban J connectivity index is 1.76. The highest BCUT2D eigenvalue weighted by Crippen LogP contribution is 2.35. The van der Waals surface area contributed by atoms with Crippen molar-refractivity contribution in [3.05, 3.63) is 24.0 Å². The average molecular weight is 465 g/mol. The number of carboxylic acids is 1. The lowest BCUT2D eigenvalue weighted by molar-refractivity contribution is -0.903. The fourth-order valence-electron chi connectivity index (χ4n) is 4.70. The highest BCUT2D eigenvalue weighted by Gasteiger charge is 2.63. The van der Waals surface area contributed by atoms with Crippen LogP contribution in [0.5, 0.6) is 0 Å². The van der Waals surface area contributed by atoms with Gasteiger partial charge in [0.15, 0.2) is 6.54 Å². The van der Waals surface area contributed by atoms with Crippen molar-refractivity contribution in [1.82, 2.24) is 15.4 Å². The third kappa shape index (κ3) is 4.53. The van der Waals surface area contributed by atoms with Crippen molar-refractivity contribution in [2.75, 3.05) is 31.1 Å². The lowest BCUT2D eigenvalue weighted by atomic mass is 9.90. The van der Waals surface area contributed by atoms with E-state index in [4.69, 9.17) is 0 Å². The van der Waals surface area contributed by atoms with Gasteiger partial charge in [0.05, 0.1) is 12.3 Å². The van der Waals surface area contributed by atoms with Gasteiger partial charge in [-0.1, -0.05) is 0 Å². The monoisotopic (exact) mass is 464 g/mol. The second kappa shape index (κ2) is 8.88. The van der Waals surface area contributed by atoms with E-state index in [9.17, 15) is 29.7 Å². The van der Waals surface area contributed by atoms with Gasteiger partial charge in [0, 0.05) is 31.0 Å². The molecule has 0 aromatic carbocycles. The summed E-state index contributed by atoms with van der Waals surface area (Å²) >= 11 is 0. The third-order valence-corrected chi connectivity index (χ3v) is 6.97. The number of amides is 2. The van der Waals surface area contributed by atoms with E-state index in [2.05, 4.69) is 15.3 Å². The number of aliphatic carboxylic acids is 1. The molecular formula is C22H34N5O6+. The number of carbonyl (C=O) groups is 3. The molecule has 2 aliphatic rings. The zero-order valence-electron chi connectivity index (χ0n) is 19.6. The first-order valence-corrected chi connectivity index (χ1v) is 11.1. The molecule has 11 nitrogen and oxygen atoms in total. The molecule has 182 valence electrons. The smallest absolute Gasteiger partial charge is 0.479 e. The second-order valence-corrected chi connectivity index (χ2v) is 10.1. The number of hydrogen-bond donors (Lipinski definition) is 4. The fraction of sp³-hybridized carbons (Fsp3) is 0.636. The van der Waals surface area contributed by atoms with E-state index < -0.39 is 33.5 Å². The van der Waals surface area contributed by atoms with E-state index in [0.717, 1.165) is 10.7 Å².